The van der Waals surface area contributed by atoms with Crippen molar-refractivity contribution in [3.05, 3.63) is 11.6 Å². The van der Waals surface area contributed by atoms with Gasteiger partial charge in [0.15, 0.2) is 0 Å². The SMILES string of the molecule is CC(=O)OC1CC2C(C)(CCC3(C)C4CCC(C(C)C)C4(C)CCC23C)C2CCC=C(C)C12C. The predicted molar refractivity (Wildman–Crippen MR) is 140 cm³/mol. The molecule has 34 heavy (non-hydrogen) atoms. The van der Waals surface area contributed by atoms with Gasteiger partial charge in [-0.2, -0.15) is 0 Å². The zero-order valence-corrected chi connectivity index (χ0v) is 23.7. The lowest BCUT2D eigenvalue weighted by Gasteiger charge is -2.73. The maximum atomic E-state index is 12.4. The summed E-state index contributed by atoms with van der Waals surface area (Å²) in [6.45, 7) is 22.0. The van der Waals surface area contributed by atoms with E-state index in [4.69, 9.17) is 4.74 Å². The van der Waals surface area contributed by atoms with Crippen LogP contribution in [0.15, 0.2) is 11.6 Å². The third kappa shape index (κ3) is 2.89. The minimum absolute atomic E-state index is 0.0153. The van der Waals surface area contributed by atoms with E-state index in [1.165, 1.54) is 56.9 Å². The summed E-state index contributed by atoms with van der Waals surface area (Å²) in [6, 6.07) is 0. The Morgan fingerprint density at radius 3 is 2.12 bits per heavy atom. The van der Waals surface area contributed by atoms with Crippen molar-refractivity contribution in [2.75, 3.05) is 0 Å². The van der Waals surface area contributed by atoms with Crippen molar-refractivity contribution in [3.8, 4) is 0 Å². The van der Waals surface area contributed by atoms with Crippen molar-refractivity contribution in [2.45, 2.75) is 126 Å². The fraction of sp³-hybridized carbons (Fsp3) is 0.906. The van der Waals surface area contributed by atoms with Gasteiger partial charge in [0.2, 0.25) is 0 Å². The quantitative estimate of drug-likeness (QED) is 0.299. The first-order chi connectivity index (χ1) is 15.7. The molecule has 5 aliphatic rings. The molecule has 0 N–H and O–H groups in total. The zero-order valence-electron chi connectivity index (χ0n) is 23.7. The molecule has 0 saturated heterocycles. The summed E-state index contributed by atoms with van der Waals surface area (Å²) in [7, 11) is 0. The smallest absolute Gasteiger partial charge is 0.302 e. The zero-order chi connectivity index (χ0) is 24.9. The first kappa shape index (κ1) is 24.9. The van der Waals surface area contributed by atoms with Crippen molar-refractivity contribution < 1.29 is 9.53 Å². The number of esters is 1. The van der Waals surface area contributed by atoms with Crippen molar-refractivity contribution in [2.24, 2.45) is 56.7 Å². The average molecular weight is 469 g/mol. The monoisotopic (exact) mass is 468 g/mol. The molecular formula is C32H52O2. The molecule has 0 heterocycles. The van der Waals surface area contributed by atoms with E-state index >= 15 is 0 Å². The van der Waals surface area contributed by atoms with Crippen molar-refractivity contribution >= 4 is 5.97 Å². The van der Waals surface area contributed by atoms with Gasteiger partial charge in [0.25, 0.3) is 0 Å². The Balaban J connectivity index is 1.59. The molecule has 2 nitrogen and oxygen atoms in total. The van der Waals surface area contributed by atoms with Gasteiger partial charge in [0, 0.05) is 12.3 Å². The summed E-state index contributed by atoms with van der Waals surface area (Å²) in [5.41, 5.74) is 3.00. The van der Waals surface area contributed by atoms with Gasteiger partial charge in [-0.3, -0.25) is 4.79 Å². The number of carbonyl (C=O) groups is 1. The highest BCUT2D eigenvalue weighted by Gasteiger charge is 2.72. The molecule has 10 atom stereocenters. The molecule has 2 heteroatoms. The van der Waals surface area contributed by atoms with Crippen LogP contribution in [-0.4, -0.2) is 12.1 Å². The molecule has 0 aromatic heterocycles. The largest absolute Gasteiger partial charge is 0.462 e. The second-order valence-electron chi connectivity index (χ2n) is 15.0. The van der Waals surface area contributed by atoms with Crippen LogP contribution in [0.25, 0.3) is 0 Å². The number of fused-ring (bicyclic) bond motifs is 7. The summed E-state index contributed by atoms with van der Waals surface area (Å²) in [5.74, 6) is 3.65. The molecule has 10 unspecified atom stereocenters. The second-order valence-corrected chi connectivity index (χ2v) is 15.0. The average Bonchev–Trinajstić information content (AvgIpc) is 3.11. The third-order valence-corrected chi connectivity index (χ3v) is 13.9. The molecule has 5 rings (SSSR count). The molecule has 5 aliphatic carbocycles. The molecule has 0 aliphatic heterocycles. The Morgan fingerprint density at radius 1 is 0.882 bits per heavy atom. The van der Waals surface area contributed by atoms with E-state index in [9.17, 15) is 4.79 Å². The van der Waals surface area contributed by atoms with Gasteiger partial charge >= 0.3 is 5.97 Å². The van der Waals surface area contributed by atoms with Gasteiger partial charge in [0.1, 0.15) is 6.10 Å². The number of rotatable bonds is 2. The second kappa shape index (κ2) is 7.61. The minimum Gasteiger partial charge on any atom is -0.462 e. The molecule has 0 radical (unpaired) electrons. The molecule has 4 saturated carbocycles. The lowest BCUT2D eigenvalue weighted by molar-refractivity contribution is -0.256. The highest BCUT2D eigenvalue weighted by molar-refractivity contribution is 5.66. The lowest BCUT2D eigenvalue weighted by Crippen LogP contribution is -2.68. The molecule has 0 bridgehead atoms. The maximum Gasteiger partial charge on any atom is 0.302 e. The Morgan fingerprint density at radius 2 is 1.50 bits per heavy atom. The van der Waals surface area contributed by atoms with Crippen molar-refractivity contribution in [3.63, 3.8) is 0 Å². The number of allylic oxidation sites excluding steroid dienone is 1. The highest BCUT2D eigenvalue weighted by atomic mass is 16.5. The van der Waals surface area contributed by atoms with Gasteiger partial charge in [-0.15, -0.1) is 0 Å². The van der Waals surface area contributed by atoms with Crippen LogP contribution in [0.1, 0.15) is 120 Å². The van der Waals surface area contributed by atoms with Crippen LogP contribution >= 0.6 is 0 Å². The fourth-order valence-corrected chi connectivity index (χ4v) is 12.0. The van der Waals surface area contributed by atoms with E-state index < -0.39 is 0 Å². The van der Waals surface area contributed by atoms with Gasteiger partial charge in [-0.25, -0.2) is 0 Å². The molecule has 0 amide bonds. The Bertz CT molecular complexity index is 887. The summed E-state index contributed by atoms with van der Waals surface area (Å²) >= 11 is 0. The standard InChI is InChI=1S/C32H52O2/c1-20(2)23-13-14-24-28(23,5)15-17-31(8)26-19-27(34-22(4)33)32(9)21(3)11-10-12-25(32)29(26,6)16-18-30(24,31)7/h11,20,23-27H,10,12-19H2,1-9H3. The topological polar surface area (TPSA) is 26.3 Å². The number of ether oxygens (including phenoxy) is 1. The lowest BCUT2D eigenvalue weighted by atomic mass is 9.31. The van der Waals surface area contributed by atoms with E-state index in [1.54, 1.807) is 6.92 Å². The van der Waals surface area contributed by atoms with Gasteiger partial charge in [-0.1, -0.05) is 60.1 Å². The molecule has 4 fully saturated rings. The Kier molecular flexibility index (Phi) is 5.57. The van der Waals surface area contributed by atoms with Crippen molar-refractivity contribution in [1.29, 1.82) is 0 Å². The fourth-order valence-electron chi connectivity index (χ4n) is 12.0. The number of carbonyl (C=O) groups excluding carboxylic acids is 1. The van der Waals surface area contributed by atoms with Crippen LogP contribution in [0, 0.1) is 56.7 Å². The van der Waals surface area contributed by atoms with Gasteiger partial charge in [0.05, 0.1) is 0 Å². The maximum absolute atomic E-state index is 12.4. The Hall–Kier alpha value is -0.790. The van der Waals surface area contributed by atoms with E-state index in [1.807, 2.05) is 0 Å². The normalized spacial score (nSPS) is 54.4. The minimum atomic E-state index is -0.0949. The van der Waals surface area contributed by atoms with Crippen LogP contribution in [0.2, 0.25) is 0 Å². The van der Waals surface area contributed by atoms with E-state index in [0.717, 1.165) is 24.2 Å². The molecular weight excluding hydrogens is 416 g/mol. The van der Waals surface area contributed by atoms with E-state index in [-0.39, 0.29) is 17.5 Å². The van der Waals surface area contributed by atoms with Crippen LogP contribution in [-0.2, 0) is 9.53 Å². The molecule has 0 aromatic carbocycles. The molecule has 192 valence electrons. The Labute approximate surface area is 210 Å². The highest BCUT2D eigenvalue weighted by Crippen LogP contribution is 2.79. The molecule has 0 aromatic rings. The van der Waals surface area contributed by atoms with E-state index in [0.29, 0.717) is 33.5 Å². The first-order valence-corrected chi connectivity index (χ1v) is 14.6. The van der Waals surface area contributed by atoms with Crippen LogP contribution in [0.5, 0.6) is 0 Å². The summed E-state index contributed by atoms with van der Waals surface area (Å²) in [6.07, 6.45) is 14.3. The summed E-state index contributed by atoms with van der Waals surface area (Å²) in [4.78, 5) is 12.4. The van der Waals surface area contributed by atoms with Crippen LogP contribution in [0.4, 0.5) is 0 Å². The predicted octanol–water partition coefficient (Wildman–Crippen LogP) is 8.60. The summed E-state index contributed by atoms with van der Waals surface area (Å²) < 4.78 is 6.26. The number of hydrogen-bond donors (Lipinski definition) is 0. The third-order valence-electron chi connectivity index (χ3n) is 13.9. The van der Waals surface area contributed by atoms with Gasteiger partial charge in [-0.05, 0) is 116 Å². The van der Waals surface area contributed by atoms with Gasteiger partial charge < -0.3 is 4.74 Å². The molecule has 0 spiro atoms. The van der Waals surface area contributed by atoms with Crippen LogP contribution < -0.4 is 0 Å². The first-order valence-electron chi connectivity index (χ1n) is 14.6. The summed E-state index contributed by atoms with van der Waals surface area (Å²) in [5, 5.41) is 0. The number of hydrogen-bond acceptors (Lipinski definition) is 2. The van der Waals surface area contributed by atoms with Crippen LogP contribution in [0.3, 0.4) is 0 Å². The van der Waals surface area contributed by atoms with E-state index in [2.05, 4.69) is 61.5 Å². The van der Waals surface area contributed by atoms with Crippen molar-refractivity contribution in [1.82, 2.24) is 0 Å².